The third kappa shape index (κ3) is 1.99. The van der Waals surface area contributed by atoms with Crippen LogP contribution in [0, 0.1) is 11.3 Å². The monoisotopic (exact) mass is 261 g/mol. The molecule has 0 radical (unpaired) electrons. The molecule has 0 unspecified atom stereocenters. The first-order valence-electron chi connectivity index (χ1n) is 5.40. The van der Waals surface area contributed by atoms with Gasteiger partial charge in [0.1, 0.15) is 0 Å². The Bertz CT molecular complexity index is 802. The van der Waals surface area contributed by atoms with Crippen molar-refractivity contribution < 1.29 is 0 Å². The number of nitrogens with one attached hydrogen (secondary N) is 1. The maximum absolute atomic E-state index is 11.9. The van der Waals surface area contributed by atoms with E-state index in [1.807, 2.05) is 6.07 Å². The van der Waals surface area contributed by atoms with Crippen molar-refractivity contribution in [2.75, 3.05) is 0 Å². The van der Waals surface area contributed by atoms with Gasteiger partial charge in [-0.3, -0.25) is 14.3 Å². The highest BCUT2D eigenvalue weighted by Crippen LogP contribution is 2.09. The SMILES string of the molecule is Cn1c(=O)[nH]c(=O)c2c1nc(/C=N/N)n2CCC#N. The third-order valence-corrected chi connectivity index (χ3v) is 2.67. The molecule has 0 amide bonds. The smallest absolute Gasteiger partial charge is 0.323 e. The summed E-state index contributed by atoms with van der Waals surface area (Å²) in [4.78, 5) is 29.7. The minimum Gasteiger partial charge on any atom is -0.323 e. The first-order valence-corrected chi connectivity index (χ1v) is 5.40. The van der Waals surface area contributed by atoms with Crippen LogP contribution in [0.3, 0.4) is 0 Å². The highest BCUT2D eigenvalue weighted by Gasteiger charge is 2.15. The lowest BCUT2D eigenvalue weighted by molar-refractivity contribution is 0.726. The van der Waals surface area contributed by atoms with E-state index in [1.54, 1.807) is 0 Å². The number of imidazole rings is 1. The second-order valence-corrected chi connectivity index (χ2v) is 3.80. The molecule has 2 aromatic heterocycles. The van der Waals surface area contributed by atoms with Crippen molar-refractivity contribution in [1.82, 2.24) is 19.1 Å². The van der Waals surface area contributed by atoms with Crippen molar-refractivity contribution in [3.63, 3.8) is 0 Å². The highest BCUT2D eigenvalue weighted by molar-refractivity contribution is 5.82. The van der Waals surface area contributed by atoms with Crippen LogP contribution in [0.5, 0.6) is 0 Å². The molecule has 2 heterocycles. The molecule has 2 rings (SSSR count). The van der Waals surface area contributed by atoms with Gasteiger partial charge in [0.2, 0.25) is 0 Å². The number of nitriles is 1. The number of aromatic nitrogens is 4. The second kappa shape index (κ2) is 4.77. The highest BCUT2D eigenvalue weighted by atomic mass is 16.2. The minimum absolute atomic E-state index is 0.194. The fourth-order valence-corrected chi connectivity index (χ4v) is 1.80. The number of hydrazone groups is 1. The van der Waals surface area contributed by atoms with Crippen LogP contribution >= 0.6 is 0 Å². The number of hydrogen-bond donors (Lipinski definition) is 2. The van der Waals surface area contributed by atoms with Crippen molar-refractivity contribution in [2.45, 2.75) is 13.0 Å². The van der Waals surface area contributed by atoms with E-state index in [9.17, 15) is 9.59 Å². The van der Waals surface area contributed by atoms with Gasteiger partial charge in [0, 0.05) is 13.6 Å². The number of aryl methyl sites for hydroxylation is 2. The van der Waals surface area contributed by atoms with Gasteiger partial charge >= 0.3 is 5.69 Å². The van der Waals surface area contributed by atoms with Gasteiger partial charge in [-0.15, -0.1) is 0 Å². The number of nitrogens with two attached hydrogens (primary N) is 1. The summed E-state index contributed by atoms with van der Waals surface area (Å²) in [5.41, 5.74) is -0.673. The maximum atomic E-state index is 11.9. The Morgan fingerprint density at radius 2 is 2.32 bits per heavy atom. The molecule has 0 aliphatic rings. The topological polar surface area (TPSA) is 135 Å². The molecule has 2 aromatic rings. The van der Waals surface area contributed by atoms with Gasteiger partial charge in [-0.2, -0.15) is 10.4 Å². The lowest BCUT2D eigenvalue weighted by Gasteiger charge is -2.02. The Kier molecular flexibility index (Phi) is 3.15. The molecule has 19 heavy (non-hydrogen) atoms. The number of H-pyrrole nitrogens is 1. The van der Waals surface area contributed by atoms with Gasteiger partial charge < -0.3 is 10.4 Å². The van der Waals surface area contributed by atoms with Crippen molar-refractivity contribution in [1.29, 1.82) is 5.26 Å². The molecule has 0 spiro atoms. The summed E-state index contributed by atoms with van der Waals surface area (Å²) >= 11 is 0. The number of fused-ring (bicyclic) bond motifs is 1. The van der Waals surface area contributed by atoms with Gasteiger partial charge in [-0.25, -0.2) is 9.78 Å². The standard InChI is InChI=1S/C10H11N7O2/c1-16-8-7(9(18)15-10(16)19)17(4-2-3-11)6(14-8)5-13-12/h5H,2,4,12H2,1H3,(H,15,18,19)/b13-5+. The summed E-state index contributed by atoms with van der Waals surface area (Å²) in [6, 6.07) is 1.98. The van der Waals surface area contributed by atoms with E-state index in [-0.39, 0.29) is 24.1 Å². The predicted octanol–water partition coefficient (Wildman–Crippen LogP) is -1.37. The van der Waals surface area contributed by atoms with E-state index in [4.69, 9.17) is 11.1 Å². The molecule has 3 N–H and O–H groups in total. The lowest BCUT2D eigenvalue weighted by atomic mass is 10.4. The first kappa shape index (κ1) is 12.6. The fourth-order valence-electron chi connectivity index (χ4n) is 1.80. The summed E-state index contributed by atoms with van der Waals surface area (Å²) in [5.74, 6) is 5.40. The van der Waals surface area contributed by atoms with Crippen LogP contribution in [0.1, 0.15) is 12.2 Å². The van der Waals surface area contributed by atoms with Crippen molar-refractivity contribution in [2.24, 2.45) is 18.0 Å². The number of hydrogen-bond acceptors (Lipinski definition) is 6. The Morgan fingerprint density at radius 3 is 2.95 bits per heavy atom. The lowest BCUT2D eigenvalue weighted by Crippen LogP contribution is -2.29. The molecule has 9 heteroatoms. The normalized spacial score (nSPS) is 11.2. The Hall–Kier alpha value is -2.89. The van der Waals surface area contributed by atoms with Gasteiger partial charge in [-0.1, -0.05) is 0 Å². The molecule has 0 fully saturated rings. The van der Waals surface area contributed by atoms with Crippen LogP contribution in [0.15, 0.2) is 14.7 Å². The Morgan fingerprint density at radius 1 is 1.58 bits per heavy atom. The average molecular weight is 261 g/mol. The minimum atomic E-state index is -0.557. The third-order valence-electron chi connectivity index (χ3n) is 2.67. The molecule has 0 bridgehead atoms. The van der Waals surface area contributed by atoms with Gasteiger partial charge in [-0.05, 0) is 0 Å². The second-order valence-electron chi connectivity index (χ2n) is 3.80. The summed E-state index contributed by atoms with van der Waals surface area (Å²) < 4.78 is 2.72. The molecule has 0 aliphatic carbocycles. The zero-order valence-corrected chi connectivity index (χ0v) is 10.1. The van der Waals surface area contributed by atoms with Crippen LogP contribution in [0.2, 0.25) is 0 Å². The first-order chi connectivity index (χ1) is 9.10. The van der Waals surface area contributed by atoms with Crippen molar-refractivity contribution in [3.05, 3.63) is 26.7 Å². The van der Waals surface area contributed by atoms with Gasteiger partial charge in [0.05, 0.1) is 18.7 Å². The predicted molar refractivity (Wildman–Crippen MR) is 67.6 cm³/mol. The number of aromatic amines is 1. The van der Waals surface area contributed by atoms with Crippen LogP contribution in [0.4, 0.5) is 0 Å². The number of nitrogens with zero attached hydrogens (tertiary/aromatic N) is 5. The van der Waals surface area contributed by atoms with Gasteiger partial charge in [0.15, 0.2) is 17.0 Å². The molecule has 0 saturated heterocycles. The molecule has 0 atom stereocenters. The molecule has 0 aliphatic heterocycles. The van der Waals surface area contributed by atoms with E-state index < -0.39 is 11.2 Å². The molecule has 9 nitrogen and oxygen atoms in total. The molecule has 98 valence electrons. The summed E-state index contributed by atoms with van der Waals surface area (Å²) in [6.07, 6.45) is 1.46. The van der Waals surface area contributed by atoms with Gasteiger partial charge in [0.25, 0.3) is 5.56 Å². The van der Waals surface area contributed by atoms with Crippen LogP contribution < -0.4 is 17.1 Å². The summed E-state index contributed by atoms with van der Waals surface area (Å²) in [5, 5.41) is 12.0. The maximum Gasteiger partial charge on any atom is 0.329 e. The largest absolute Gasteiger partial charge is 0.329 e. The zero-order chi connectivity index (χ0) is 14.0. The Balaban J connectivity index is 2.86. The fraction of sp³-hybridized carbons (Fsp3) is 0.300. The molecule has 0 aromatic carbocycles. The van der Waals surface area contributed by atoms with Crippen LogP contribution in [-0.4, -0.2) is 25.3 Å². The van der Waals surface area contributed by atoms with E-state index in [1.165, 1.54) is 22.4 Å². The average Bonchev–Trinajstić information content (AvgIpc) is 2.73. The van der Waals surface area contributed by atoms with Crippen LogP contribution in [0.25, 0.3) is 11.2 Å². The zero-order valence-electron chi connectivity index (χ0n) is 10.1. The quantitative estimate of drug-likeness (QED) is 0.399. The van der Waals surface area contributed by atoms with E-state index >= 15 is 0 Å². The molecule has 0 saturated carbocycles. The van der Waals surface area contributed by atoms with Crippen molar-refractivity contribution >= 4 is 17.4 Å². The molecular weight excluding hydrogens is 250 g/mol. The van der Waals surface area contributed by atoms with Crippen LogP contribution in [-0.2, 0) is 13.6 Å². The summed E-state index contributed by atoms with van der Waals surface area (Å²) in [7, 11) is 1.49. The molecular formula is C10H11N7O2. The number of rotatable bonds is 3. The van der Waals surface area contributed by atoms with Crippen molar-refractivity contribution in [3.8, 4) is 6.07 Å². The Labute approximate surface area is 106 Å². The summed E-state index contributed by atoms with van der Waals surface area (Å²) in [6.45, 7) is 0.260. The van der Waals surface area contributed by atoms with E-state index in [0.717, 1.165) is 0 Å². The van der Waals surface area contributed by atoms with E-state index in [0.29, 0.717) is 5.82 Å². The van der Waals surface area contributed by atoms with E-state index in [2.05, 4.69) is 15.1 Å².